The predicted octanol–water partition coefficient (Wildman–Crippen LogP) is 0.997. The van der Waals surface area contributed by atoms with Gasteiger partial charge < -0.3 is 10.0 Å². The average Bonchev–Trinajstić information content (AvgIpc) is 2.29. The van der Waals surface area contributed by atoms with E-state index in [9.17, 15) is 5.11 Å². The summed E-state index contributed by atoms with van der Waals surface area (Å²) in [6, 6.07) is 0. The van der Waals surface area contributed by atoms with Crippen LogP contribution in [-0.4, -0.2) is 35.2 Å². The highest BCUT2D eigenvalue weighted by molar-refractivity contribution is 4.89. The predicted molar refractivity (Wildman–Crippen MR) is 44.5 cm³/mol. The Labute approximate surface area is 68.2 Å². The number of hydrogen-bond donors (Lipinski definition) is 1. The van der Waals surface area contributed by atoms with E-state index in [1.807, 2.05) is 0 Å². The molecule has 1 saturated carbocycles. The third kappa shape index (κ3) is 1.57. The largest absolute Gasteiger partial charge is 0.389 e. The van der Waals surface area contributed by atoms with E-state index < -0.39 is 0 Å². The zero-order valence-corrected chi connectivity index (χ0v) is 7.05. The van der Waals surface area contributed by atoms with Gasteiger partial charge in [-0.3, -0.25) is 0 Å². The van der Waals surface area contributed by atoms with Crippen LogP contribution in [0.5, 0.6) is 0 Å². The molecule has 2 fully saturated rings. The SMILES string of the molecule is OC1(CN2CCC2)CCCC1. The molecule has 0 atom stereocenters. The number of nitrogens with zero attached hydrogens (tertiary/aromatic N) is 1. The Morgan fingerprint density at radius 2 is 1.73 bits per heavy atom. The Bertz CT molecular complexity index is 136. The molecule has 0 aromatic carbocycles. The normalized spacial score (nSPS) is 30.3. The van der Waals surface area contributed by atoms with Crippen molar-refractivity contribution < 1.29 is 5.11 Å². The van der Waals surface area contributed by atoms with Crippen molar-refractivity contribution in [2.24, 2.45) is 0 Å². The second-order valence-corrected chi connectivity index (χ2v) is 4.06. The highest BCUT2D eigenvalue weighted by atomic mass is 16.3. The maximum Gasteiger partial charge on any atom is 0.0774 e. The third-order valence-corrected chi connectivity index (χ3v) is 3.00. The van der Waals surface area contributed by atoms with Gasteiger partial charge in [-0.05, 0) is 32.4 Å². The van der Waals surface area contributed by atoms with Crippen LogP contribution < -0.4 is 0 Å². The van der Waals surface area contributed by atoms with E-state index in [1.54, 1.807) is 0 Å². The van der Waals surface area contributed by atoms with Crippen LogP contribution in [0.15, 0.2) is 0 Å². The van der Waals surface area contributed by atoms with Crippen LogP contribution in [0.2, 0.25) is 0 Å². The van der Waals surface area contributed by atoms with Crippen molar-refractivity contribution in [2.75, 3.05) is 19.6 Å². The van der Waals surface area contributed by atoms with Crippen LogP contribution in [0.25, 0.3) is 0 Å². The molecule has 0 unspecified atom stereocenters. The fourth-order valence-corrected chi connectivity index (χ4v) is 2.15. The molecule has 0 bridgehead atoms. The quantitative estimate of drug-likeness (QED) is 0.643. The van der Waals surface area contributed by atoms with E-state index in [0.717, 1.165) is 19.4 Å². The highest BCUT2D eigenvalue weighted by Crippen LogP contribution is 2.31. The van der Waals surface area contributed by atoms with Gasteiger partial charge in [0.2, 0.25) is 0 Å². The Morgan fingerprint density at radius 1 is 1.09 bits per heavy atom. The lowest BCUT2D eigenvalue weighted by molar-refractivity contribution is -0.00785. The van der Waals surface area contributed by atoms with Crippen LogP contribution in [0, 0.1) is 0 Å². The molecule has 2 nitrogen and oxygen atoms in total. The first-order chi connectivity index (χ1) is 5.29. The van der Waals surface area contributed by atoms with Crippen molar-refractivity contribution in [1.29, 1.82) is 0 Å². The lowest BCUT2D eigenvalue weighted by Gasteiger charge is -2.36. The van der Waals surface area contributed by atoms with Crippen LogP contribution in [0.3, 0.4) is 0 Å². The van der Waals surface area contributed by atoms with Gasteiger partial charge in [-0.25, -0.2) is 0 Å². The maximum absolute atomic E-state index is 9.98. The second kappa shape index (κ2) is 2.76. The Balaban J connectivity index is 1.82. The van der Waals surface area contributed by atoms with Gasteiger partial charge in [0.25, 0.3) is 0 Å². The van der Waals surface area contributed by atoms with E-state index in [0.29, 0.717) is 0 Å². The molecule has 0 aromatic heterocycles. The number of β-amino-alcohol motifs (C(OH)–C–C–N with tert-alkyl or cyclic N) is 1. The van der Waals surface area contributed by atoms with E-state index in [2.05, 4.69) is 4.90 Å². The van der Waals surface area contributed by atoms with E-state index >= 15 is 0 Å². The standard InChI is InChI=1S/C9H17NO/c11-9(4-1-2-5-9)8-10-6-3-7-10/h11H,1-8H2. The van der Waals surface area contributed by atoms with Crippen molar-refractivity contribution >= 4 is 0 Å². The summed E-state index contributed by atoms with van der Waals surface area (Å²) in [7, 11) is 0. The van der Waals surface area contributed by atoms with Gasteiger partial charge in [0, 0.05) is 6.54 Å². The molecule has 0 radical (unpaired) electrons. The molecule has 11 heavy (non-hydrogen) atoms. The summed E-state index contributed by atoms with van der Waals surface area (Å²) < 4.78 is 0. The maximum atomic E-state index is 9.98. The van der Waals surface area contributed by atoms with Gasteiger partial charge >= 0.3 is 0 Å². The van der Waals surface area contributed by atoms with Crippen molar-refractivity contribution in [3.05, 3.63) is 0 Å². The fourth-order valence-electron chi connectivity index (χ4n) is 2.15. The highest BCUT2D eigenvalue weighted by Gasteiger charge is 2.34. The minimum absolute atomic E-state index is 0.305. The van der Waals surface area contributed by atoms with Gasteiger partial charge in [0.1, 0.15) is 0 Å². The molecule has 2 aliphatic rings. The van der Waals surface area contributed by atoms with Crippen LogP contribution in [0.4, 0.5) is 0 Å². The molecular weight excluding hydrogens is 138 g/mol. The van der Waals surface area contributed by atoms with E-state index in [-0.39, 0.29) is 5.60 Å². The zero-order valence-electron chi connectivity index (χ0n) is 7.05. The number of likely N-dealkylation sites (tertiary alicyclic amines) is 1. The Morgan fingerprint density at radius 3 is 2.18 bits per heavy atom. The summed E-state index contributed by atoms with van der Waals surface area (Å²) in [5.74, 6) is 0. The smallest absolute Gasteiger partial charge is 0.0774 e. The van der Waals surface area contributed by atoms with Crippen LogP contribution in [-0.2, 0) is 0 Å². The van der Waals surface area contributed by atoms with Gasteiger partial charge in [-0.2, -0.15) is 0 Å². The summed E-state index contributed by atoms with van der Waals surface area (Å²) in [4.78, 5) is 2.37. The molecule has 0 amide bonds. The van der Waals surface area contributed by atoms with Gasteiger partial charge in [0.15, 0.2) is 0 Å². The fraction of sp³-hybridized carbons (Fsp3) is 1.00. The summed E-state index contributed by atoms with van der Waals surface area (Å²) in [6.45, 7) is 3.36. The third-order valence-electron chi connectivity index (χ3n) is 3.00. The first-order valence-electron chi connectivity index (χ1n) is 4.73. The Hall–Kier alpha value is -0.0800. The first kappa shape index (κ1) is 7.56. The number of rotatable bonds is 2. The molecule has 64 valence electrons. The molecule has 0 aromatic rings. The van der Waals surface area contributed by atoms with Gasteiger partial charge in [-0.15, -0.1) is 0 Å². The van der Waals surface area contributed by atoms with Gasteiger partial charge in [0.05, 0.1) is 5.60 Å². The average molecular weight is 155 g/mol. The molecular formula is C9H17NO. The zero-order chi connectivity index (χ0) is 7.73. The van der Waals surface area contributed by atoms with Crippen molar-refractivity contribution in [3.63, 3.8) is 0 Å². The molecule has 1 N–H and O–H groups in total. The van der Waals surface area contributed by atoms with E-state index in [4.69, 9.17) is 0 Å². The van der Waals surface area contributed by atoms with Crippen molar-refractivity contribution in [3.8, 4) is 0 Å². The molecule has 1 aliphatic heterocycles. The minimum Gasteiger partial charge on any atom is -0.389 e. The topological polar surface area (TPSA) is 23.5 Å². The number of hydrogen-bond acceptors (Lipinski definition) is 2. The summed E-state index contributed by atoms with van der Waals surface area (Å²) in [6.07, 6.45) is 5.84. The van der Waals surface area contributed by atoms with Crippen molar-refractivity contribution in [1.82, 2.24) is 4.90 Å². The van der Waals surface area contributed by atoms with E-state index in [1.165, 1.54) is 32.4 Å². The van der Waals surface area contributed by atoms with Crippen molar-refractivity contribution in [2.45, 2.75) is 37.7 Å². The molecule has 0 spiro atoms. The lowest BCUT2D eigenvalue weighted by atomic mass is 10.00. The minimum atomic E-state index is -0.305. The van der Waals surface area contributed by atoms with Crippen LogP contribution >= 0.6 is 0 Å². The lowest BCUT2D eigenvalue weighted by Crippen LogP contribution is -2.47. The molecule has 2 rings (SSSR count). The molecule has 1 saturated heterocycles. The second-order valence-electron chi connectivity index (χ2n) is 4.06. The monoisotopic (exact) mass is 155 g/mol. The summed E-state index contributed by atoms with van der Waals surface area (Å²) in [5.41, 5.74) is -0.305. The number of aliphatic hydroxyl groups is 1. The Kier molecular flexibility index (Phi) is 1.90. The summed E-state index contributed by atoms with van der Waals surface area (Å²) in [5, 5.41) is 9.98. The molecule has 1 heterocycles. The molecule has 2 heteroatoms. The molecule has 1 aliphatic carbocycles. The summed E-state index contributed by atoms with van der Waals surface area (Å²) >= 11 is 0. The van der Waals surface area contributed by atoms with Gasteiger partial charge in [-0.1, -0.05) is 12.8 Å². The van der Waals surface area contributed by atoms with Crippen LogP contribution in [0.1, 0.15) is 32.1 Å². The first-order valence-corrected chi connectivity index (χ1v) is 4.73.